The van der Waals surface area contributed by atoms with Crippen LogP contribution in [0.5, 0.6) is 5.75 Å². The lowest BCUT2D eigenvalue weighted by Gasteiger charge is -2.12. The summed E-state index contributed by atoms with van der Waals surface area (Å²) >= 11 is 5.96. The van der Waals surface area contributed by atoms with Crippen LogP contribution >= 0.6 is 11.6 Å². The van der Waals surface area contributed by atoms with E-state index in [1.165, 1.54) is 0 Å². The Morgan fingerprint density at radius 3 is 2.50 bits per heavy atom. The predicted octanol–water partition coefficient (Wildman–Crippen LogP) is 2.45. The first-order chi connectivity index (χ1) is 6.72. The van der Waals surface area contributed by atoms with Gasteiger partial charge in [0, 0.05) is 11.6 Å². The molecule has 1 aromatic carbocycles. The third-order valence-electron chi connectivity index (χ3n) is 2.17. The Balaban J connectivity index is 3.17. The molecular weight excluding hydrogens is 200 g/mol. The van der Waals surface area contributed by atoms with Gasteiger partial charge in [0.05, 0.1) is 7.11 Å². The lowest BCUT2D eigenvalue weighted by molar-refractivity contribution is 0.296. The molecule has 0 unspecified atom stereocenters. The van der Waals surface area contributed by atoms with Crippen molar-refractivity contribution in [1.82, 2.24) is 0 Å². The number of halogens is 1. The van der Waals surface area contributed by atoms with Crippen molar-refractivity contribution in [3.63, 3.8) is 0 Å². The summed E-state index contributed by atoms with van der Waals surface area (Å²) < 4.78 is 5.31. The van der Waals surface area contributed by atoms with E-state index in [9.17, 15) is 0 Å². The molecule has 0 atom stereocenters. The third kappa shape index (κ3) is 2.40. The second-order valence-corrected chi connectivity index (χ2v) is 3.52. The Morgan fingerprint density at radius 1 is 1.36 bits per heavy atom. The van der Waals surface area contributed by atoms with Gasteiger partial charge < -0.3 is 9.84 Å². The summed E-state index contributed by atoms with van der Waals surface area (Å²) in [5.74, 6) is 0.853. The van der Waals surface area contributed by atoms with Crippen LogP contribution in [0.2, 0.25) is 5.02 Å². The Bertz CT molecular complexity index is 310. The largest absolute Gasteiger partial charge is 0.496 e. The second kappa shape index (κ2) is 5.23. The van der Waals surface area contributed by atoms with E-state index in [-0.39, 0.29) is 6.61 Å². The highest BCUT2D eigenvalue weighted by Gasteiger charge is 2.09. The average molecular weight is 215 g/mol. The average Bonchev–Trinajstić information content (AvgIpc) is 2.17. The molecule has 0 aromatic heterocycles. The van der Waals surface area contributed by atoms with Crippen LogP contribution in [0.3, 0.4) is 0 Å². The van der Waals surface area contributed by atoms with Gasteiger partial charge in [0.25, 0.3) is 0 Å². The SMILES string of the molecule is CCc1cc(Cl)cc(CCO)c1OC. The lowest BCUT2D eigenvalue weighted by Crippen LogP contribution is -1.99. The van der Waals surface area contributed by atoms with E-state index < -0.39 is 0 Å². The number of aliphatic hydroxyl groups is 1. The van der Waals surface area contributed by atoms with E-state index in [4.69, 9.17) is 21.4 Å². The molecule has 2 nitrogen and oxygen atoms in total. The zero-order valence-corrected chi connectivity index (χ0v) is 9.27. The molecule has 1 aromatic rings. The Kier molecular flexibility index (Phi) is 4.23. The fraction of sp³-hybridized carbons (Fsp3) is 0.455. The minimum absolute atomic E-state index is 0.111. The van der Waals surface area contributed by atoms with Gasteiger partial charge in [-0.15, -0.1) is 0 Å². The molecular formula is C11H15ClO2. The van der Waals surface area contributed by atoms with Crippen molar-refractivity contribution in [2.75, 3.05) is 13.7 Å². The van der Waals surface area contributed by atoms with Crippen LogP contribution in [0.25, 0.3) is 0 Å². The first-order valence-electron chi connectivity index (χ1n) is 4.69. The summed E-state index contributed by atoms with van der Waals surface area (Å²) in [6.07, 6.45) is 1.46. The van der Waals surface area contributed by atoms with E-state index in [0.717, 1.165) is 23.3 Å². The monoisotopic (exact) mass is 214 g/mol. The molecule has 78 valence electrons. The highest BCUT2D eigenvalue weighted by Crippen LogP contribution is 2.28. The van der Waals surface area contributed by atoms with Gasteiger partial charge in [-0.2, -0.15) is 0 Å². The highest BCUT2D eigenvalue weighted by molar-refractivity contribution is 6.30. The molecule has 14 heavy (non-hydrogen) atoms. The van der Waals surface area contributed by atoms with Crippen LogP contribution < -0.4 is 4.74 Å². The zero-order chi connectivity index (χ0) is 10.6. The van der Waals surface area contributed by atoms with E-state index >= 15 is 0 Å². The molecule has 0 bridgehead atoms. The lowest BCUT2D eigenvalue weighted by atomic mass is 10.0. The van der Waals surface area contributed by atoms with Gasteiger partial charge in [-0.05, 0) is 36.1 Å². The summed E-state index contributed by atoms with van der Waals surface area (Å²) in [7, 11) is 1.64. The molecule has 0 aliphatic rings. The molecule has 0 aliphatic carbocycles. The number of ether oxygens (including phenoxy) is 1. The van der Waals surface area contributed by atoms with Crippen molar-refractivity contribution in [3.05, 3.63) is 28.3 Å². The molecule has 1 N–H and O–H groups in total. The van der Waals surface area contributed by atoms with Crippen molar-refractivity contribution in [3.8, 4) is 5.75 Å². The van der Waals surface area contributed by atoms with Crippen LogP contribution in [-0.2, 0) is 12.8 Å². The van der Waals surface area contributed by atoms with Crippen LogP contribution in [0.4, 0.5) is 0 Å². The Labute approximate surface area is 89.5 Å². The molecule has 1 rings (SSSR count). The van der Waals surface area contributed by atoms with Crippen molar-refractivity contribution < 1.29 is 9.84 Å². The van der Waals surface area contributed by atoms with Crippen LogP contribution in [0.1, 0.15) is 18.1 Å². The molecule has 0 saturated heterocycles. The molecule has 0 aliphatic heterocycles. The van der Waals surface area contributed by atoms with Crippen LogP contribution in [-0.4, -0.2) is 18.8 Å². The van der Waals surface area contributed by atoms with Crippen molar-refractivity contribution in [2.24, 2.45) is 0 Å². The van der Waals surface area contributed by atoms with Crippen molar-refractivity contribution >= 4 is 11.6 Å². The summed E-state index contributed by atoms with van der Waals surface area (Å²) in [4.78, 5) is 0. The number of benzene rings is 1. The minimum atomic E-state index is 0.111. The number of hydrogen-bond donors (Lipinski definition) is 1. The fourth-order valence-electron chi connectivity index (χ4n) is 1.54. The topological polar surface area (TPSA) is 29.5 Å². The fourth-order valence-corrected chi connectivity index (χ4v) is 1.81. The highest BCUT2D eigenvalue weighted by atomic mass is 35.5. The van der Waals surface area contributed by atoms with E-state index in [1.54, 1.807) is 7.11 Å². The normalized spacial score (nSPS) is 10.3. The molecule has 0 fully saturated rings. The third-order valence-corrected chi connectivity index (χ3v) is 2.39. The number of aryl methyl sites for hydroxylation is 1. The summed E-state index contributed by atoms with van der Waals surface area (Å²) in [6.45, 7) is 2.16. The van der Waals surface area contributed by atoms with Gasteiger partial charge in [-0.25, -0.2) is 0 Å². The maximum Gasteiger partial charge on any atom is 0.125 e. The van der Waals surface area contributed by atoms with Crippen LogP contribution in [0, 0.1) is 0 Å². The van der Waals surface area contributed by atoms with E-state index in [1.807, 2.05) is 12.1 Å². The van der Waals surface area contributed by atoms with Crippen molar-refractivity contribution in [2.45, 2.75) is 19.8 Å². The van der Waals surface area contributed by atoms with Crippen LogP contribution in [0.15, 0.2) is 12.1 Å². The molecule has 3 heteroatoms. The van der Waals surface area contributed by atoms with Crippen molar-refractivity contribution in [1.29, 1.82) is 0 Å². The molecule has 0 amide bonds. The standard InChI is InChI=1S/C11H15ClO2/c1-3-8-6-10(12)7-9(4-5-13)11(8)14-2/h6-7,13H,3-5H2,1-2H3. The number of rotatable bonds is 4. The van der Waals surface area contributed by atoms with Gasteiger partial charge in [-0.1, -0.05) is 18.5 Å². The van der Waals surface area contributed by atoms with Gasteiger partial charge in [0.2, 0.25) is 0 Å². The maximum atomic E-state index is 8.90. The summed E-state index contributed by atoms with van der Waals surface area (Å²) in [5.41, 5.74) is 2.06. The van der Waals surface area contributed by atoms with E-state index in [2.05, 4.69) is 6.92 Å². The zero-order valence-electron chi connectivity index (χ0n) is 8.51. The predicted molar refractivity (Wildman–Crippen MR) is 58.2 cm³/mol. The molecule has 0 saturated carbocycles. The summed E-state index contributed by atoms with van der Waals surface area (Å²) in [5, 5.41) is 9.60. The van der Waals surface area contributed by atoms with Gasteiger partial charge in [-0.3, -0.25) is 0 Å². The number of aliphatic hydroxyl groups excluding tert-OH is 1. The number of hydrogen-bond acceptors (Lipinski definition) is 2. The number of methoxy groups -OCH3 is 1. The first-order valence-corrected chi connectivity index (χ1v) is 5.06. The quantitative estimate of drug-likeness (QED) is 0.835. The van der Waals surface area contributed by atoms with Gasteiger partial charge in [0.15, 0.2) is 0 Å². The summed E-state index contributed by atoms with van der Waals surface area (Å²) in [6, 6.07) is 3.75. The Hall–Kier alpha value is -0.730. The maximum absolute atomic E-state index is 8.90. The molecule has 0 spiro atoms. The molecule has 0 radical (unpaired) electrons. The van der Waals surface area contributed by atoms with E-state index in [0.29, 0.717) is 11.4 Å². The van der Waals surface area contributed by atoms with Gasteiger partial charge in [0.1, 0.15) is 5.75 Å². The smallest absolute Gasteiger partial charge is 0.125 e. The molecule has 0 heterocycles. The minimum Gasteiger partial charge on any atom is -0.496 e. The first kappa shape index (κ1) is 11.3. The second-order valence-electron chi connectivity index (χ2n) is 3.08. The van der Waals surface area contributed by atoms with Gasteiger partial charge >= 0.3 is 0 Å². The Morgan fingerprint density at radius 2 is 2.00 bits per heavy atom.